The number of fused-ring (bicyclic) bond motifs is 1. The lowest BCUT2D eigenvalue weighted by atomic mass is 10.1. The molecule has 0 aromatic heterocycles. The van der Waals surface area contributed by atoms with E-state index in [-0.39, 0.29) is 16.8 Å². The van der Waals surface area contributed by atoms with Crippen molar-refractivity contribution in [1.82, 2.24) is 5.32 Å². The number of hydrogen-bond acceptors (Lipinski definition) is 4. The Balaban J connectivity index is 1.57. The van der Waals surface area contributed by atoms with Crippen molar-refractivity contribution in [2.45, 2.75) is 0 Å². The minimum Gasteiger partial charge on any atom is -0.457 e. The minimum absolute atomic E-state index is 0.174. The molecule has 1 aliphatic rings. The van der Waals surface area contributed by atoms with Crippen LogP contribution in [0, 0.1) is 0 Å². The first-order valence-corrected chi connectivity index (χ1v) is 8.25. The summed E-state index contributed by atoms with van der Waals surface area (Å²) in [6.45, 7) is 0. The molecule has 0 fully saturated rings. The molecule has 0 atom stereocenters. The third-order valence-electron chi connectivity index (χ3n) is 4.09. The summed E-state index contributed by atoms with van der Waals surface area (Å²) in [7, 11) is 0. The van der Waals surface area contributed by atoms with E-state index in [1.807, 2.05) is 30.3 Å². The summed E-state index contributed by atoms with van der Waals surface area (Å²) in [5.41, 5.74) is 1.08. The smallest absolute Gasteiger partial charge is 0.261 e. The first-order chi connectivity index (χ1) is 13.1. The number of rotatable bonds is 4. The number of carbonyl (C=O) groups excluding carboxylic acids is 3. The van der Waals surface area contributed by atoms with E-state index in [0.29, 0.717) is 17.1 Å². The Bertz CT molecular complexity index is 1060. The van der Waals surface area contributed by atoms with Crippen LogP contribution in [0.25, 0.3) is 0 Å². The zero-order chi connectivity index (χ0) is 18.8. The van der Waals surface area contributed by atoms with Gasteiger partial charge in [0.1, 0.15) is 11.5 Å². The van der Waals surface area contributed by atoms with Crippen molar-refractivity contribution >= 4 is 23.4 Å². The third-order valence-corrected chi connectivity index (χ3v) is 4.09. The predicted molar refractivity (Wildman–Crippen MR) is 99.1 cm³/mol. The van der Waals surface area contributed by atoms with E-state index >= 15 is 0 Å². The maximum absolute atomic E-state index is 12.6. The molecule has 1 aliphatic heterocycles. The molecule has 0 aliphatic carbocycles. The Kier molecular flexibility index (Phi) is 4.14. The average Bonchev–Trinajstić information content (AvgIpc) is 2.98. The molecule has 0 saturated heterocycles. The Labute approximate surface area is 154 Å². The maximum atomic E-state index is 12.6. The number of imide groups is 1. The van der Waals surface area contributed by atoms with E-state index in [0.717, 1.165) is 0 Å². The molecule has 0 bridgehead atoms. The summed E-state index contributed by atoms with van der Waals surface area (Å²) in [6.07, 6.45) is 0. The summed E-state index contributed by atoms with van der Waals surface area (Å²) in [5, 5.41) is 4.92. The molecule has 2 N–H and O–H groups in total. The molecule has 3 aromatic carbocycles. The van der Waals surface area contributed by atoms with Gasteiger partial charge in [0.15, 0.2) is 0 Å². The number of carbonyl (C=O) groups is 3. The van der Waals surface area contributed by atoms with Crippen LogP contribution in [0.4, 0.5) is 5.69 Å². The van der Waals surface area contributed by atoms with Crippen molar-refractivity contribution in [1.29, 1.82) is 0 Å². The highest BCUT2D eigenvalue weighted by atomic mass is 16.5. The lowest BCUT2D eigenvalue weighted by Gasteiger charge is -2.10. The monoisotopic (exact) mass is 358 g/mol. The zero-order valence-corrected chi connectivity index (χ0v) is 14.1. The van der Waals surface area contributed by atoms with Crippen LogP contribution in [0.5, 0.6) is 11.5 Å². The molecule has 27 heavy (non-hydrogen) atoms. The molecule has 0 saturated carbocycles. The summed E-state index contributed by atoms with van der Waals surface area (Å²) in [4.78, 5) is 36.3. The minimum atomic E-state index is -0.521. The summed E-state index contributed by atoms with van der Waals surface area (Å²) in [6, 6.07) is 20.7. The molecule has 3 aromatic rings. The summed E-state index contributed by atoms with van der Waals surface area (Å²) >= 11 is 0. The molecule has 0 unspecified atom stereocenters. The van der Waals surface area contributed by atoms with Crippen molar-refractivity contribution in [3.8, 4) is 11.5 Å². The van der Waals surface area contributed by atoms with Crippen LogP contribution in [0.2, 0.25) is 0 Å². The number of anilines is 1. The van der Waals surface area contributed by atoms with Gasteiger partial charge in [0, 0.05) is 5.56 Å². The van der Waals surface area contributed by atoms with E-state index in [4.69, 9.17) is 4.74 Å². The Morgan fingerprint density at radius 3 is 2.37 bits per heavy atom. The largest absolute Gasteiger partial charge is 0.457 e. The van der Waals surface area contributed by atoms with Crippen molar-refractivity contribution < 1.29 is 19.1 Å². The van der Waals surface area contributed by atoms with Gasteiger partial charge in [-0.2, -0.15) is 0 Å². The fourth-order valence-corrected chi connectivity index (χ4v) is 2.84. The highest BCUT2D eigenvalue weighted by Crippen LogP contribution is 2.26. The maximum Gasteiger partial charge on any atom is 0.261 e. The Morgan fingerprint density at radius 2 is 1.56 bits per heavy atom. The van der Waals surface area contributed by atoms with Crippen molar-refractivity contribution in [3.05, 3.63) is 89.5 Å². The average molecular weight is 358 g/mol. The van der Waals surface area contributed by atoms with Gasteiger partial charge in [0.05, 0.1) is 16.8 Å². The number of hydrogen-bond donors (Lipinski definition) is 2. The van der Waals surface area contributed by atoms with Gasteiger partial charge in [-0.25, -0.2) is 0 Å². The predicted octanol–water partition coefficient (Wildman–Crippen LogP) is 3.61. The quantitative estimate of drug-likeness (QED) is 0.698. The van der Waals surface area contributed by atoms with Gasteiger partial charge in [-0.05, 0) is 42.5 Å². The lowest BCUT2D eigenvalue weighted by Crippen LogP contribution is -2.20. The highest BCUT2D eigenvalue weighted by Gasteiger charge is 2.29. The zero-order valence-electron chi connectivity index (χ0n) is 14.1. The van der Waals surface area contributed by atoms with E-state index < -0.39 is 17.7 Å². The third kappa shape index (κ3) is 3.28. The SMILES string of the molecule is O=C(Nc1cccc2c1C(=O)NC2=O)c1cccc(Oc2ccccc2)c1. The van der Waals surface area contributed by atoms with Crippen molar-refractivity contribution in [3.63, 3.8) is 0 Å². The van der Waals surface area contributed by atoms with Crippen molar-refractivity contribution in [2.75, 3.05) is 5.32 Å². The normalized spacial score (nSPS) is 12.3. The van der Waals surface area contributed by atoms with Gasteiger partial charge in [-0.1, -0.05) is 30.3 Å². The number of benzene rings is 3. The molecule has 132 valence electrons. The van der Waals surface area contributed by atoms with Gasteiger partial charge < -0.3 is 10.1 Å². The first-order valence-electron chi connectivity index (χ1n) is 8.25. The molecular formula is C21H14N2O4. The molecule has 0 spiro atoms. The fraction of sp³-hybridized carbons (Fsp3) is 0. The van der Waals surface area contributed by atoms with E-state index in [2.05, 4.69) is 10.6 Å². The van der Waals surface area contributed by atoms with Gasteiger partial charge >= 0.3 is 0 Å². The number of para-hydroxylation sites is 1. The van der Waals surface area contributed by atoms with Gasteiger partial charge in [-0.15, -0.1) is 0 Å². The van der Waals surface area contributed by atoms with Gasteiger partial charge in [0.25, 0.3) is 17.7 Å². The van der Waals surface area contributed by atoms with Gasteiger partial charge in [0.2, 0.25) is 0 Å². The molecule has 0 radical (unpaired) electrons. The van der Waals surface area contributed by atoms with Crippen LogP contribution in [0.1, 0.15) is 31.1 Å². The molecule has 6 heteroatoms. The fourth-order valence-electron chi connectivity index (χ4n) is 2.84. The number of nitrogens with one attached hydrogen (secondary N) is 2. The Morgan fingerprint density at radius 1 is 0.815 bits per heavy atom. The summed E-state index contributed by atoms with van der Waals surface area (Å²) < 4.78 is 5.74. The summed E-state index contributed by atoms with van der Waals surface area (Å²) in [5.74, 6) is -0.225. The molecule has 4 rings (SSSR count). The lowest BCUT2D eigenvalue weighted by molar-refractivity contribution is 0.0879. The van der Waals surface area contributed by atoms with Crippen LogP contribution < -0.4 is 15.4 Å². The van der Waals surface area contributed by atoms with Crippen molar-refractivity contribution in [2.24, 2.45) is 0 Å². The molecule has 6 nitrogen and oxygen atoms in total. The van der Waals surface area contributed by atoms with Crippen LogP contribution in [0.3, 0.4) is 0 Å². The second-order valence-corrected chi connectivity index (χ2v) is 5.91. The van der Waals surface area contributed by atoms with Gasteiger partial charge in [-0.3, -0.25) is 19.7 Å². The molecule has 1 heterocycles. The van der Waals surface area contributed by atoms with E-state index in [1.165, 1.54) is 0 Å². The van der Waals surface area contributed by atoms with Crippen LogP contribution in [-0.2, 0) is 0 Å². The van der Waals surface area contributed by atoms with Crippen LogP contribution in [-0.4, -0.2) is 17.7 Å². The first kappa shape index (κ1) is 16.5. The number of amides is 3. The van der Waals surface area contributed by atoms with E-state index in [1.54, 1.807) is 42.5 Å². The highest BCUT2D eigenvalue weighted by molar-refractivity contribution is 6.25. The van der Waals surface area contributed by atoms with Crippen LogP contribution in [0.15, 0.2) is 72.8 Å². The number of ether oxygens (including phenoxy) is 1. The second kappa shape index (κ2) is 6.76. The topological polar surface area (TPSA) is 84.5 Å². The standard InChI is InChI=1S/C21H14N2O4/c24-19(22-17-11-5-10-16-18(17)21(26)23-20(16)25)13-6-4-9-15(12-13)27-14-7-2-1-3-8-14/h1-12H,(H,22,24)(H,23,25,26). The van der Waals surface area contributed by atoms with E-state index in [9.17, 15) is 14.4 Å². The van der Waals surface area contributed by atoms with Crippen LogP contribution >= 0.6 is 0 Å². The molecular weight excluding hydrogens is 344 g/mol. The Hall–Kier alpha value is -3.93. The second-order valence-electron chi connectivity index (χ2n) is 5.91. The molecule has 3 amide bonds.